The molecule has 1 aliphatic carbocycles. The van der Waals surface area contributed by atoms with E-state index in [1.807, 2.05) is 0 Å². The molecule has 3 unspecified atom stereocenters. The van der Waals surface area contributed by atoms with Crippen LogP contribution in [0.15, 0.2) is 0 Å². The van der Waals surface area contributed by atoms with Gasteiger partial charge in [0, 0.05) is 31.7 Å². The predicted octanol–water partition coefficient (Wildman–Crippen LogP) is 2.49. The SMILES string of the molecule is CCCC(C)CN1CC(C2CC2)NCC1C. The molecule has 94 valence electrons. The molecule has 1 saturated heterocycles. The molecule has 0 radical (unpaired) electrons. The van der Waals surface area contributed by atoms with Gasteiger partial charge in [-0.15, -0.1) is 0 Å². The fourth-order valence-electron chi connectivity index (χ4n) is 3.00. The van der Waals surface area contributed by atoms with Gasteiger partial charge in [-0.1, -0.05) is 20.3 Å². The zero-order valence-electron chi connectivity index (χ0n) is 11.2. The maximum Gasteiger partial charge on any atom is 0.0224 e. The zero-order chi connectivity index (χ0) is 11.5. The van der Waals surface area contributed by atoms with Crippen LogP contribution in [-0.4, -0.2) is 36.6 Å². The van der Waals surface area contributed by atoms with Gasteiger partial charge in [0.25, 0.3) is 0 Å². The van der Waals surface area contributed by atoms with E-state index in [1.54, 1.807) is 0 Å². The van der Waals surface area contributed by atoms with Crippen molar-refractivity contribution in [2.45, 2.75) is 58.5 Å². The van der Waals surface area contributed by atoms with E-state index in [0.717, 1.165) is 23.9 Å². The summed E-state index contributed by atoms with van der Waals surface area (Å²) < 4.78 is 0. The molecule has 2 heteroatoms. The van der Waals surface area contributed by atoms with Crippen molar-refractivity contribution in [1.29, 1.82) is 0 Å². The second kappa shape index (κ2) is 5.50. The summed E-state index contributed by atoms with van der Waals surface area (Å²) in [5.41, 5.74) is 0. The summed E-state index contributed by atoms with van der Waals surface area (Å²) in [7, 11) is 0. The second-order valence-corrected chi connectivity index (χ2v) is 6.05. The second-order valence-electron chi connectivity index (χ2n) is 6.05. The van der Waals surface area contributed by atoms with Crippen molar-refractivity contribution in [2.24, 2.45) is 11.8 Å². The van der Waals surface area contributed by atoms with Crippen molar-refractivity contribution >= 4 is 0 Å². The van der Waals surface area contributed by atoms with Gasteiger partial charge in [0.15, 0.2) is 0 Å². The van der Waals surface area contributed by atoms with E-state index < -0.39 is 0 Å². The van der Waals surface area contributed by atoms with Gasteiger partial charge in [-0.25, -0.2) is 0 Å². The highest BCUT2D eigenvalue weighted by atomic mass is 15.2. The van der Waals surface area contributed by atoms with E-state index in [-0.39, 0.29) is 0 Å². The highest BCUT2D eigenvalue weighted by molar-refractivity contribution is 4.93. The van der Waals surface area contributed by atoms with Crippen molar-refractivity contribution in [1.82, 2.24) is 10.2 Å². The summed E-state index contributed by atoms with van der Waals surface area (Å²) in [6.45, 7) is 10.9. The first-order valence-corrected chi connectivity index (χ1v) is 7.18. The Morgan fingerprint density at radius 1 is 1.38 bits per heavy atom. The molecular formula is C14H28N2. The summed E-state index contributed by atoms with van der Waals surface area (Å²) in [6.07, 6.45) is 5.63. The normalized spacial score (nSPS) is 33.9. The average Bonchev–Trinajstić information content (AvgIpc) is 3.05. The number of nitrogens with zero attached hydrogens (tertiary/aromatic N) is 1. The van der Waals surface area contributed by atoms with E-state index in [0.29, 0.717) is 0 Å². The van der Waals surface area contributed by atoms with Gasteiger partial charge < -0.3 is 5.32 Å². The Hall–Kier alpha value is -0.0800. The lowest BCUT2D eigenvalue weighted by Crippen LogP contribution is -2.56. The van der Waals surface area contributed by atoms with Gasteiger partial charge >= 0.3 is 0 Å². The van der Waals surface area contributed by atoms with E-state index >= 15 is 0 Å². The average molecular weight is 224 g/mol. The molecule has 0 amide bonds. The van der Waals surface area contributed by atoms with Crippen LogP contribution >= 0.6 is 0 Å². The number of nitrogens with one attached hydrogen (secondary N) is 1. The van der Waals surface area contributed by atoms with E-state index in [4.69, 9.17) is 0 Å². The maximum atomic E-state index is 3.72. The summed E-state index contributed by atoms with van der Waals surface area (Å²) >= 11 is 0. The van der Waals surface area contributed by atoms with Crippen LogP contribution in [0.2, 0.25) is 0 Å². The number of piperazine rings is 1. The Morgan fingerprint density at radius 2 is 2.12 bits per heavy atom. The maximum absolute atomic E-state index is 3.72. The molecular weight excluding hydrogens is 196 g/mol. The van der Waals surface area contributed by atoms with Crippen LogP contribution in [0.5, 0.6) is 0 Å². The summed E-state index contributed by atoms with van der Waals surface area (Å²) in [4.78, 5) is 2.72. The molecule has 2 fully saturated rings. The van der Waals surface area contributed by atoms with Gasteiger partial charge in [-0.2, -0.15) is 0 Å². The lowest BCUT2D eigenvalue weighted by molar-refractivity contribution is 0.114. The molecule has 16 heavy (non-hydrogen) atoms. The first-order valence-electron chi connectivity index (χ1n) is 7.18. The van der Waals surface area contributed by atoms with Gasteiger partial charge in [-0.05, 0) is 38.0 Å². The smallest absolute Gasteiger partial charge is 0.0224 e. The van der Waals surface area contributed by atoms with Crippen LogP contribution < -0.4 is 5.32 Å². The van der Waals surface area contributed by atoms with E-state index in [9.17, 15) is 0 Å². The molecule has 0 aromatic heterocycles. The van der Waals surface area contributed by atoms with Crippen LogP contribution in [-0.2, 0) is 0 Å². The van der Waals surface area contributed by atoms with E-state index in [1.165, 1.54) is 45.3 Å². The molecule has 1 N–H and O–H groups in total. The summed E-state index contributed by atoms with van der Waals surface area (Å²) in [6, 6.07) is 1.53. The molecule has 0 aromatic carbocycles. The lowest BCUT2D eigenvalue weighted by Gasteiger charge is -2.40. The van der Waals surface area contributed by atoms with Crippen LogP contribution in [0.1, 0.15) is 46.5 Å². The molecule has 0 spiro atoms. The topological polar surface area (TPSA) is 15.3 Å². The molecule has 1 saturated carbocycles. The highest BCUT2D eigenvalue weighted by Gasteiger charge is 2.36. The molecule has 1 heterocycles. The largest absolute Gasteiger partial charge is 0.311 e. The third kappa shape index (κ3) is 3.21. The third-order valence-corrected chi connectivity index (χ3v) is 4.25. The third-order valence-electron chi connectivity index (χ3n) is 4.25. The minimum absolute atomic E-state index is 0.731. The van der Waals surface area contributed by atoms with Gasteiger partial charge in [-0.3, -0.25) is 4.90 Å². The monoisotopic (exact) mass is 224 g/mol. The number of hydrogen-bond donors (Lipinski definition) is 1. The molecule has 0 aromatic rings. The molecule has 2 aliphatic rings. The summed E-state index contributed by atoms with van der Waals surface area (Å²) in [5, 5.41) is 3.72. The van der Waals surface area contributed by atoms with Crippen molar-refractivity contribution in [3.05, 3.63) is 0 Å². The van der Waals surface area contributed by atoms with Crippen LogP contribution in [0.3, 0.4) is 0 Å². The molecule has 1 aliphatic heterocycles. The van der Waals surface area contributed by atoms with Gasteiger partial charge in [0.1, 0.15) is 0 Å². The van der Waals surface area contributed by atoms with Crippen LogP contribution in [0.4, 0.5) is 0 Å². The molecule has 2 nitrogen and oxygen atoms in total. The first kappa shape index (κ1) is 12.4. The highest BCUT2D eigenvalue weighted by Crippen LogP contribution is 2.34. The minimum Gasteiger partial charge on any atom is -0.311 e. The lowest BCUT2D eigenvalue weighted by atomic mass is 10.0. The summed E-state index contributed by atoms with van der Waals surface area (Å²) in [5.74, 6) is 1.86. The molecule has 2 rings (SSSR count). The first-order chi connectivity index (χ1) is 7.70. The van der Waals surface area contributed by atoms with Gasteiger partial charge in [0.05, 0.1) is 0 Å². The van der Waals surface area contributed by atoms with Crippen molar-refractivity contribution < 1.29 is 0 Å². The minimum atomic E-state index is 0.731. The van der Waals surface area contributed by atoms with Crippen molar-refractivity contribution in [2.75, 3.05) is 19.6 Å². The number of rotatable bonds is 5. The van der Waals surface area contributed by atoms with Crippen LogP contribution in [0, 0.1) is 11.8 Å². The Bertz CT molecular complexity index is 213. The van der Waals surface area contributed by atoms with Crippen molar-refractivity contribution in [3.8, 4) is 0 Å². The Morgan fingerprint density at radius 3 is 2.75 bits per heavy atom. The molecule has 0 bridgehead atoms. The Labute approximate surface area is 101 Å². The van der Waals surface area contributed by atoms with Crippen molar-refractivity contribution in [3.63, 3.8) is 0 Å². The van der Waals surface area contributed by atoms with Gasteiger partial charge in [0.2, 0.25) is 0 Å². The zero-order valence-corrected chi connectivity index (χ0v) is 11.2. The fraction of sp³-hybridized carbons (Fsp3) is 1.00. The molecule has 3 atom stereocenters. The Kier molecular flexibility index (Phi) is 4.26. The standard InChI is InChI=1S/C14H28N2/c1-4-5-11(2)9-16-10-14(13-6-7-13)15-8-12(16)3/h11-15H,4-10H2,1-3H3. The van der Waals surface area contributed by atoms with E-state index in [2.05, 4.69) is 31.0 Å². The quantitative estimate of drug-likeness (QED) is 0.772. The fourth-order valence-corrected chi connectivity index (χ4v) is 3.00. The Balaban J connectivity index is 1.80. The predicted molar refractivity (Wildman–Crippen MR) is 69.6 cm³/mol. The number of hydrogen-bond acceptors (Lipinski definition) is 2. The van der Waals surface area contributed by atoms with Crippen LogP contribution in [0.25, 0.3) is 0 Å².